The van der Waals surface area contributed by atoms with Gasteiger partial charge in [-0.2, -0.15) is 0 Å². The van der Waals surface area contributed by atoms with E-state index in [1.165, 1.54) is 33.2 Å². The van der Waals surface area contributed by atoms with Crippen LogP contribution >= 0.6 is 0 Å². The molecule has 1 saturated carbocycles. The molecule has 3 aliphatic rings. The third kappa shape index (κ3) is 5.42. The summed E-state index contributed by atoms with van der Waals surface area (Å²) in [5, 5.41) is 25.5. The van der Waals surface area contributed by atoms with Crippen LogP contribution in [0.4, 0.5) is 5.69 Å². The average Bonchev–Trinajstić information content (AvgIpc) is 3.82. The summed E-state index contributed by atoms with van der Waals surface area (Å²) in [6, 6.07) is 18.6. The number of aryl methyl sites for hydroxylation is 1. The maximum atomic E-state index is 12.5. The summed E-state index contributed by atoms with van der Waals surface area (Å²) < 4.78 is 8.19. The van der Waals surface area contributed by atoms with Gasteiger partial charge in [0.1, 0.15) is 11.9 Å². The van der Waals surface area contributed by atoms with Crippen LogP contribution < -0.4 is 15.8 Å². The van der Waals surface area contributed by atoms with Crippen molar-refractivity contribution in [1.29, 1.82) is 0 Å². The van der Waals surface area contributed by atoms with Gasteiger partial charge in [-0.25, -0.2) is 0 Å². The number of ether oxygens (including phenoxy) is 1. The van der Waals surface area contributed by atoms with Gasteiger partial charge in [0.25, 0.3) is 0 Å². The molecule has 0 bridgehead atoms. The number of hydrogen-bond donors (Lipinski definition) is 5. The normalized spacial score (nSPS) is 20.9. The van der Waals surface area contributed by atoms with Crippen molar-refractivity contribution < 1.29 is 19.7 Å². The van der Waals surface area contributed by atoms with Gasteiger partial charge in [-0.3, -0.25) is 4.79 Å². The van der Waals surface area contributed by atoms with E-state index >= 15 is 0 Å². The van der Waals surface area contributed by atoms with Gasteiger partial charge in [0.05, 0.1) is 11.6 Å². The zero-order valence-corrected chi connectivity index (χ0v) is 28.2. The van der Waals surface area contributed by atoms with Crippen LogP contribution in [0.15, 0.2) is 73.2 Å². The number of nitrogens with one attached hydrogen (secondary N) is 2. The minimum atomic E-state index is -0.569. The number of anilines is 1. The number of hydrogen-bond acceptors (Lipinski definition) is 6. The summed E-state index contributed by atoms with van der Waals surface area (Å²) in [7, 11) is 0. The Morgan fingerprint density at radius 2 is 1.94 bits per heavy atom. The molecule has 3 aromatic carbocycles. The molecule has 0 radical (unpaired) electrons. The molecule has 49 heavy (non-hydrogen) atoms. The largest absolute Gasteiger partial charge is 0.504 e. The van der Waals surface area contributed by atoms with Gasteiger partial charge in [-0.1, -0.05) is 69.0 Å². The Labute approximate surface area is 287 Å². The lowest BCUT2D eigenvalue weighted by atomic mass is 9.58. The molecule has 6 N–H and O–H groups in total. The molecule has 0 amide bonds. The molecule has 4 atom stereocenters. The third-order valence-electron chi connectivity index (χ3n) is 11.3. The van der Waals surface area contributed by atoms with Gasteiger partial charge < -0.3 is 35.6 Å². The first-order valence-corrected chi connectivity index (χ1v) is 18.0. The predicted molar refractivity (Wildman–Crippen MR) is 193 cm³/mol. The van der Waals surface area contributed by atoms with Gasteiger partial charge in [0.15, 0.2) is 18.2 Å². The van der Waals surface area contributed by atoms with Crippen LogP contribution in [0.5, 0.6) is 11.5 Å². The first-order valence-electron chi connectivity index (χ1n) is 18.0. The summed E-state index contributed by atoms with van der Waals surface area (Å²) in [4.78, 5) is 16.1. The fourth-order valence-corrected chi connectivity index (χ4v) is 9.07. The molecule has 3 heterocycles. The standard InChI is InChI=1S/C41H46N4O4/c1-2-3-4-8-26(46)20-27(47)16-14-25-15-17-36(48)37(19-25)49-24-45-22-30-33(21-43-35(30)23-45)41-18-7-12-31(41)28-9-6-13-34-39(28)38-29(40(42)44-34)10-5-11-32(38)41/h5-6,9-11,13,15,17,19,21-23,26,31,40,43-44,46,48H,2-4,7-8,12,14,16,18,20,24,42H2,1H3. The maximum Gasteiger partial charge on any atom is 0.165 e. The van der Waals surface area contributed by atoms with Crippen LogP contribution in [-0.4, -0.2) is 31.7 Å². The number of aromatic nitrogens is 2. The van der Waals surface area contributed by atoms with Crippen LogP contribution in [0.3, 0.4) is 0 Å². The summed E-state index contributed by atoms with van der Waals surface area (Å²) >= 11 is 0. The number of aromatic hydroxyl groups is 1. The third-order valence-corrected chi connectivity index (χ3v) is 11.3. The number of nitrogens with zero attached hydrogens (tertiary/aromatic N) is 1. The second-order valence-corrected chi connectivity index (χ2v) is 14.3. The van der Waals surface area contributed by atoms with Crippen LogP contribution in [0.1, 0.15) is 105 Å². The van der Waals surface area contributed by atoms with E-state index in [1.54, 1.807) is 6.07 Å². The predicted octanol–water partition coefficient (Wildman–Crippen LogP) is 8.16. The van der Waals surface area contributed by atoms with Gasteiger partial charge >= 0.3 is 0 Å². The number of fused-ring (bicyclic) bond motifs is 4. The van der Waals surface area contributed by atoms with Crippen molar-refractivity contribution in [3.05, 3.63) is 101 Å². The highest BCUT2D eigenvalue weighted by molar-refractivity contribution is 5.94. The number of unbranched alkanes of at least 4 members (excludes halogenated alkanes) is 2. The second kappa shape index (κ2) is 12.7. The number of carbonyl (C=O) groups excluding carboxylic acids is 1. The molecular formula is C41H46N4O4. The van der Waals surface area contributed by atoms with Crippen molar-refractivity contribution in [2.24, 2.45) is 5.73 Å². The fraction of sp³-hybridized carbons (Fsp3) is 0.390. The lowest BCUT2D eigenvalue weighted by Gasteiger charge is -2.46. The van der Waals surface area contributed by atoms with Crippen molar-refractivity contribution in [3.63, 3.8) is 0 Å². The number of carbonyl (C=O) groups is 1. The Hall–Kier alpha value is -4.53. The molecule has 0 spiro atoms. The highest BCUT2D eigenvalue weighted by Gasteiger charge is 2.53. The number of ketones is 1. The SMILES string of the molecule is CCCCCC(O)CC(=O)CCc1ccc(O)c(OCn2cc3[nH]cc(C45CCCC4c4cccc6c4-c4c(cccc45)C(N)N6)c3c2)c1. The number of phenolic OH excluding ortho intramolecular Hbond substituents is 1. The minimum Gasteiger partial charge on any atom is -0.504 e. The van der Waals surface area contributed by atoms with Gasteiger partial charge in [0, 0.05) is 53.5 Å². The van der Waals surface area contributed by atoms with Crippen molar-refractivity contribution >= 4 is 22.4 Å². The van der Waals surface area contributed by atoms with E-state index < -0.39 is 6.10 Å². The molecule has 5 aromatic rings. The molecule has 1 aliphatic heterocycles. The molecule has 4 unspecified atom stereocenters. The summed E-state index contributed by atoms with van der Waals surface area (Å²) in [6.45, 7) is 2.35. The van der Waals surface area contributed by atoms with E-state index in [0.29, 0.717) is 30.9 Å². The Morgan fingerprint density at radius 1 is 1.08 bits per heavy atom. The average molecular weight is 659 g/mol. The first kappa shape index (κ1) is 31.7. The molecule has 2 aliphatic carbocycles. The zero-order chi connectivity index (χ0) is 33.7. The smallest absolute Gasteiger partial charge is 0.165 e. The number of Topliss-reactive ketones (excluding diaryl/α,β-unsaturated/α-hetero) is 1. The first-order chi connectivity index (χ1) is 23.9. The van der Waals surface area contributed by atoms with Crippen molar-refractivity contribution in [3.8, 4) is 22.6 Å². The van der Waals surface area contributed by atoms with Crippen LogP contribution in [0.2, 0.25) is 0 Å². The lowest BCUT2D eigenvalue weighted by Crippen LogP contribution is -2.37. The summed E-state index contributed by atoms with van der Waals surface area (Å²) in [5.74, 6) is 0.862. The topological polar surface area (TPSA) is 126 Å². The van der Waals surface area contributed by atoms with Crippen molar-refractivity contribution in [1.82, 2.24) is 9.55 Å². The van der Waals surface area contributed by atoms with Crippen LogP contribution in [-0.2, 0) is 23.4 Å². The van der Waals surface area contributed by atoms with Crippen LogP contribution in [0, 0.1) is 0 Å². The Bertz CT molecular complexity index is 2030. The quantitative estimate of drug-likeness (QED) is 0.0813. The molecule has 254 valence electrons. The van der Waals surface area contributed by atoms with Gasteiger partial charge in [0.2, 0.25) is 0 Å². The second-order valence-electron chi connectivity index (χ2n) is 14.3. The number of aliphatic hydroxyl groups is 1. The molecule has 2 aromatic heterocycles. The highest BCUT2D eigenvalue weighted by atomic mass is 16.5. The summed E-state index contributed by atoms with van der Waals surface area (Å²) in [5.41, 5.74) is 17.5. The van der Waals surface area contributed by atoms with Crippen LogP contribution in [0.25, 0.3) is 22.0 Å². The maximum absolute atomic E-state index is 12.5. The number of benzene rings is 3. The molecule has 0 saturated heterocycles. The van der Waals surface area contributed by atoms with E-state index in [0.717, 1.165) is 60.9 Å². The van der Waals surface area contributed by atoms with Gasteiger partial charge in [-0.15, -0.1) is 0 Å². The van der Waals surface area contributed by atoms with E-state index in [2.05, 4.69) is 72.2 Å². The molecule has 8 rings (SSSR count). The zero-order valence-electron chi connectivity index (χ0n) is 28.2. The van der Waals surface area contributed by atoms with Crippen molar-refractivity contribution in [2.75, 3.05) is 5.32 Å². The highest BCUT2D eigenvalue weighted by Crippen LogP contribution is 2.64. The molecule has 8 heteroatoms. The number of phenols is 1. The van der Waals surface area contributed by atoms with Crippen molar-refractivity contribution in [2.45, 2.75) is 101 Å². The summed E-state index contributed by atoms with van der Waals surface area (Å²) in [6.07, 6.45) is 13.8. The number of aromatic amines is 1. The van der Waals surface area contributed by atoms with E-state index in [4.69, 9.17) is 10.5 Å². The number of rotatable bonds is 13. The van der Waals surface area contributed by atoms with Gasteiger partial charge in [-0.05, 0) is 83.2 Å². The number of nitrogens with two attached hydrogens (primary N) is 1. The molecule has 8 nitrogen and oxygen atoms in total. The van der Waals surface area contributed by atoms with E-state index in [-0.39, 0.29) is 36.3 Å². The number of H-pyrrole nitrogens is 1. The monoisotopic (exact) mass is 658 g/mol. The molecule has 1 fully saturated rings. The van der Waals surface area contributed by atoms with E-state index in [9.17, 15) is 15.0 Å². The Balaban J connectivity index is 1.03. The Morgan fingerprint density at radius 3 is 2.82 bits per heavy atom. The minimum absolute atomic E-state index is 0.0548. The number of aliphatic hydroxyl groups excluding tert-OH is 1. The lowest BCUT2D eigenvalue weighted by molar-refractivity contribution is -0.121. The molecular weight excluding hydrogens is 612 g/mol. The Kier molecular flexibility index (Phi) is 8.24. The fourth-order valence-electron chi connectivity index (χ4n) is 9.07. The van der Waals surface area contributed by atoms with E-state index in [1.807, 2.05) is 16.7 Å².